The molecule has 0 atom stereocenters. The van der Waals surface area contributed by atoms with E-state index in [1.54, 1.807) is 0 Å². The van der Waals surface area contributed by atoms with E-state index in [1.807, 2.05) is 39.8 Å². The molecule has 9 nitrogen and oxygen atoms in total. The molecule has 0 aliphatic rings. The van der Waals surface area contributed by atoms with Crippen molar-refractivity contribution in [1.29, 1.82) is 0 Å². The van der Waals surface area contributed by atoms with Crippen LogP contribution in [0.2, 0.25) is 0 Å². The minimum Gasteiger partial charge on any atom is -0.395 e. The van der Waals surface area contributed by atoms with Gasteiger partial charge in [0, 0.05) is 18.7 Å². The second kappa shape index (κ2) is 9.59. The van der Waals surface area contributed by atoms with E-state index >= 15 is 0 Å². The van der Waals surface area contributed by atoms with Gasteiger partial charge >= 0.3 is 0 Å². The highest BCUT2D eigenvalue weighted by Gasteiger charge is 2.15. The minimum absolute atomic E-state index is 0.0270. The van der Waals surface area contributed by atoms with Gasteiger partial charge in [-0.2, -0.15) is 15.0 Å². The molecule has 2 heterocycles. The number of nitrogens with zero attached hydrogens (tertiary/aromatic N) is 4. The summed E-state index contributed by atoms with van der Waals surface area (Å²) in [5.74, 6) is 1.09. The molecule has 0 fully saturated rings. The van der Waals surface area contributed by atoms with Gasteiger partial charge < -0.3 is 15.7 Å². The number of carbonyl (C=O) groups is 1. The summed E-state index contributed by atoms with van der Waals surface area (Å²) in [5.41, 5.74) is 4.01. The van der Waals surface area contributed by atoms with Crippen molar-refractivity contribution >= 4 is 40.0 Å². The summed E-state index contributed by atoms with van der Waals surface area (Å²) in [7, 11) is 0. The molecule has 0 radical (unpaired) electrons. The first-order valence-corrected chi connectivity index (χ1v) is 10.4. The van der Waals surface area contributed by atoms with Crippen LogP contribution in [0, 0.1) is 20.8 Å². The quantitative estimate of drug-likeness (QED) is 0.432. The molecule has 10 heteroatoms. The van der Waals surface area contributed by atoms with Gasteiger partial charge in [0.1, 0.15) is 10.7 Å². The van der Waals surface area contributed by atoms with Crippen molar-refractivity contribution in [3.63, 3.8) is 0 Å². The second-order valence-corrected chi connectivity index (χ2v) is 7.82. The van der Waals surface area contributed by atoms with Crippen LogP contribution in [-0.4, -0.2) is 44.1 Å². The first-order chi connectivity index (χ1) is 14.4. The Morgan fingerprint density at radius 2 is 1.80 bits per heavy atom. The third-order valence-corrected chi connectivity index (χ3v) is 5.17. The summed E-state index contributed by atoms with van der Waals surface area (Å²) < 4.78 is 0. The van der Waals surface area contributed by atoms with E-state index in [-0.39, 0.29) is 12.5 Å². The zero-order chi connectivity index (χ0) is 21.7. The topological polar surface area (TPSA) is 125 Å². The number of aliphatic hydroxyl groups excluding tert-OH is 1. The Morgan fingerprint density at radius 3 is 2.47 bits per heavy atom. The molecular formula is C20H25N7O2S. The SMILES string of the molecule is CCc1nc(NCCO)nc(Nc2ncc(C(=O)Nc3c(C)cc(C)cc3C)s2)n1. The number of amides is 1. The summed E-state index contributed by atoms with van der Waals surface area (Å²) in [5, 5.41) is 18.4. The minimum atomic E-state index is -0.217. The lowest BCUT2D eigenvalue weighted by atomic mass is 10.1. The molecule has 0 aliphatic carbocycles. The van der Waals surface area contributed by atoms with E-state index in [1.165, 1.54) is 17.5 Å². The fraction of sp³-hybridized carbons (Fsp3) is 0.350. The van der Waals surface area contributed by atoms with Crippen LogP contribution in [0.4, 0.5) is 22.7 Å². The molecule has 0 spiro atoms. The number of aliphatic hydroxyl groups is 1. The first kappa shape index (κ1) is 21.6. The Bertz CT molecular complexity index is 1030. The van der Waals surface area contributed by atoms with Gasteiger partial charge in [-0.3, -0.25) is 10.1 Å². The average molecular weight is 428 g/mol. The van der Waals surface area contributed by atoms with Crippen molar-refractivity contribution in [1.82, 2.24) is 19.9 Å². The predicted molar refractivity (Wildman–Crippen MR) is 119 cm³/mol. The molecule has 3 aromatic rings. The highest BCUT2D eigenvalue weighted by Crippen LogP contribution is 2.25. The van der Waals surface area contributed by atoms with Gasteiger partial charge in [-0.15, -0.1) is 0 Å². The van der Waals surface area contributed by atoms with Crippen LogP contribution >= 0.6 is 11.3 Å². The molecule has 4 N–H and O–H groups in total. The van der Waals surface area contributed by atoms with Gasteiger partial charge in [-0.25, -0.2) is 4.98 Å². The molecule has 0 aliphatic heterocycles. The molecule has 0 saturated heterocycles. The van der Waals surface area contributed by atoms with Crippen LogP contribution in [0.3, 0.4) is 0 Å². The molecule has 0 unspecified atom stereocenters. The number of anilines is 4. The smallest absolute Gasteiger partial charge is 0.267 e. The molecule has 30 heavy (non-hydrogen) atoms. The average Bonchev–Trinajstić information content (AvgIpc) is 3.17. The fourth-order valence-electron chi connectivity index (χ4n) is 2.97. The molecule has 0 bridgehead atoms. The number of benzene rings is 1. The number of rotatable bonds is 8. The monoisotopic (exact) mass is 427 g/mol. The lowest BCUT2D eigenvalue weighted by Crippen LogP contribution is -2.12. The third-order valence-electron chi connectivity index (χ3n) is 4.26. The van der Waals surface area contributed by atoms with Gasteiger partial charge in [0.15, 0.2) is 5.13 Å². The van der Waals surface area contributed by atoms with E-state index in [2.05, 4.69) is 35.9 Å². The maximum absolute atomic E-state index is 12.7. The van der Waals surface area contributed by atoms with Crippen molar-refractivity contribution in [3.05, 3.63) is 45.7 Å². The summed E-state index contributed by atoms with van der Waals surface area (Å²) in [6.45, 7) is 8.23. The molecule has 158 valence electrons. The zero-order valence-corrected chi connectivity index (χ0v) is 18.2. The predicted octanol–water partition coefficient (Wildman–Crippen LogP) is 3.22. The number of carbonyl (C=O) groups excluding carboxylic acids is 1. The van der Waals surface area contributed by atoms with Crippen molar-refractivity contribution in [3.8, 4) is 0 Å². The fourth-order valence-corrected chi connectivity index (χ4v) is 3.67. The Labute approximate surface area is 179 Å². The Balaban J connectivity index is 1.74. The number of hydrogen-bond donors (Lipinski definition) is 4. The third kappa shape index (κ3) is 5.28. The summed E-state index contributed by atoms with van der Waals surface area (Å²) in [6, 6.07) is 4.08. The lowest BCUT2D eigenvalue weighted by Gasteiger charge is -2.12. The van der Waals surface area contributed by atoms with Crippen LogP contribution in [0.1, 0.15) is 39.1 Å². The highest BCUT2D eigenvalue weighted by molar-refractivity contribution is 7.17. The Kier molecular flexibility index (Phi) is 6.91. The van der Waals surface area contributed by atoms with E-state index in [0.29, 0.717) is 40.7 Å². The standard InChI is InChI=1S/C20H25N7O2S/c1-5-15-23-18(21-6-7-28)26-19(24-15)27-20-22-10-14(30-20)17(29)25-16-12(3)8-11(2)9-13(16)4/h8-10,28H,5-7H2,1-4H3,(H,25,29)(H2,21,22,23,24,26,27). The number of hydrogen-bond acceptors (Lipinski definition) is 9. The van der Waals surface area contributed by atoms with E-state index < -0.39 is 0 Å². The first-order valence-electron chi connectivity index (χ1n) is 9.61. The molecule has 1 aromatic carbocycles. The van der Waals surface area contributed by atoms with Crippen LogP contribution in [0.5, 0.6) is 0 Å². The van der Waals surface area contributed by atoms with E-state index in [0.717, 1.165) is 22.4 Å². The molecule has 1 amide bonds. The normalized spacial score (nSPS) is 10.7. The van der Waals surface area contributed by atoms with Crippen LogP contribution < -0.4 is 16.0 Å². The van der Waals surface area contributed by atoms with Crippen LogP contribution in [-0.2, 0) is 6.42 Å². The van der Waals surface area contributed by atoms with Crippen LogP contribution in [0.15, 0.2) is 18.3 Å². The van der Waals surface area contributed by atoms with Crippen molar-refractivity contribution < 1.29 is 9.90 Å². The molecule has 0 saturated carbocycles. The van der Waals surface area contributed by atoms with E-state index in [4.69, 9.17) is 5.11 Å². The number of thiazole rings is 1. The van der Waals surface area contributed by atoms with Crippen molar-refractivity contribution in [2.45, 2.75) is 34.1 Å². The highest BCUT2D eigenvalue weighted by atomic mass is 32.1. The summed E-state index contributed by atoms with van der Waals surface area (Å²) in [6.07, 6.45) is 2.15. The van der Waals surface area contributed by atoms with Gasteiger partial charge in [-0.05, 0) is 31.9 Å². The van der Waals surface area contributed by atoms with E-state index in [9.17, 15) is 4.79 Å². The maximum Gasteiger partial charge on any atom is 0.267 e. The lowest BCUT2D eigenvalue weighted by molar-refractivity contribution is 0.103. The zero-order valence-electron chi connectivity index (χ0n) is 17.4. The van der Waals surface area contributed by atoms with Gasteiger partial charge in [0.25, 0.3) is 5.91 Å². The Hall–Kier alpha value is -3.11. The number of aromatic nitrogens is 4. The number of nitrogens with one attached hydrogen (secondary N) is 3. The van der Waals surface area contributed by atoms with Gasteiger partial charge in [0.2, 0.25) is 11.9 Å². The maximum atomic E-state index is 12.7. The molecule has 3 rings (SSSR count). The molecule has 2 aromatic heterocycles. The van der Waals surface area contributed by atoms with Gasteiger partial charge in [-0.1, -0.05) is 36.0 Å². The number of aryl methyl sites for hydroxylation is 4. The van der Waals surface area contributed by atoms with Crippen molar-refractivity contribution in [2.24, 2.45) is 0 Å². The van der Waals surface area contributed by atoms with Crippen LogP contribution in [0.25, 0.3) is 0 Å². The summed E-state index contributed by atoms with van der Waals surface area (Å²) in [4.78, 5) is 30.3. The van der Waals surface area contributed by atoms with Gasteiger partial charge in [0.05, 0.1) is 12.8 Å². The molecular weight excluding hydrogens is 402 g/mol. The summed E-state index contributed by atoms with van der Waals surface area (Å²) >= 11 is 1.21. The van der Waals surface area contributed by atoms with Crippen molar-refractivity contribution in [2.75, 3.05) is 29.1 Å². The Morgan fingerprint density at radius 1 is 1.10 bits per heavy atom. The second-order valence-electron chi connectivity index (χ2n) is 6.79. The largest absolute Gasteiger partial charge is 0.395 e.